The predicted octanol–water partition coefficient (Wildman–Crippen LogP) is 3.60. The fourth-order valence-corrected chi connectivity index (χ4v) is 3.96. The van der Waals surface area contributed by atoms with Gasteiger partial charge in [0, 0.05) is 32.4 Å². The van der Waals surface area contributed by atoms with E-state index < -0.39 is 0 Å². The first-order chi connectivity index (χ1) is 11.0. The van der Waals surface area contributed by atoms with Crippen LogP contribution >= 0.6 is 11.8 Å². The summed E-state index contributed by atoms with van der Waals surface area (Å²) < 4.78 is 0. The van der Waals surface area contributed by atoms with Gasteiger partial charge in [-0.1, -0.05) is 12.1 Å². The molecule has 3 rings (SSSR count). The minimum atomic E-state index is -0.112. The number of aliphatic imine (C=N–C) groups is 1. The van der Waals surface area contributed by atoms with Crippen molar-refractivity contribution >= 4 is 34.6 Å². The van der Waals surface area contributed by atoms with E-state index in [-0.39, 0.29) is 5.91 Å². The Morgan fingerprint density at radius 1 is 1.26 bits per heavy atom. The molecule has 122 valence electrons. The van der Waals surface area contributed by atoms with Gasteiger partial charge in [-0.05, 0) is 61.7 Å². The molecule has 0 bridgehead atoms. The van der Waals surface area contributed by atoms with Gasteiger partial charge in [0.15, 0.2) is 5.17 Å². The molecule has 2 aliphatic rings. The van der Waals surface area contributed by atoms with Crippen LogP contribution in [0.2, 0.25) is 0 Å². The number of amidine groups is 1. The van der Waals surface area contributed by atoms with Gasteiger partial charge in [0.05, 0.1) is 4.91 Å². The average Bonchev–Trinajstić information content (AvgIpc) is 2.89. The fraction of sp³-hybridized carbons (Fsp3) is 0.444. The first-order valence-electron chi connectivity index (χ1n) is 8.11. The number of piperidine rings is 1. The van der Waals surface area contributed by atoms with Gasteiger partial charge in [-0.25, -0.2) is 0 Å². The van der Waals surface area contributed by atoms with Crippen molar-refractivity contribution in [3.8, 4) is 0 Å². The van der Waals surface area contributed by atoms with Crippen LogP contribution in [-0.4, -0.2) is 42.7 Å². The van der Waals surface area contributed by atoms with E-state index in [4.69, 9.17) is 0 Å². The van der Waals surface area contributed by atoms with Gasteiger partial charge >= 0.3 is 0 Å². The number of rotatable bonds is 2. The van der Waals surface area contributed by atoms with Crippen molar-refractivity contribution in [1.29, 1.82) is 0 Å². The van der Waals surface area contributed by atoms with Gasteiger partial charge in [-0.15, -0.1) is 0 Å². The molecule has 0 aliphatic carbocycles. The van der Waals surface area contributed by atoms with Crippen molar-refractivity contribution in [3.05, 3.63) is 34.7 Å². The third kappa shape index (κ3) is 3.61. The lowest BCUT2D eigenvalue weighted by Gasteiger charge is -2.34. The monoisotopic (exact) mass is 329 g/mol. The zero-order valence-corrected chi connectivity index (χ0v) is 14.8. The normalized spacial score (nSPS) is 23.3. The first-order valence-corrected chi connectivity index (χ1v) is 8.93. The summed E-state index contributed by atoms with van der Waals surface area (Å²) in [6.45, 7) is 3.22. The SMILES string of the molecule is C[C@H]1CCCCN1C1=NC(=O)/C(=C\c2ccc(N(C)C)cc2)S1. The van der Waals surface area contributed by atoms with E-state index in [1.807, 2.05) is 32.3 Å². The van der Waals surface area contributed by atoms with Crippen LogP contribution < -0.4 is 4.90 Å². The van der Waals surface area contributed by atoms with Crippen LogP contribution in [0.15, 0.2) is 34.2 Å². The summed E-state index contributed by atoms with van der Waals surface area (Å²) in [4.78, 5) is 21.5. The highest BCUT2D eigenvalue weighted by atomic mass is 32.2. The molecule has 0 aromatic heterocycles. The molecule has 0 saturated carbocycles. The van der Waals surface area contributed by atoms with E-state index in [1.54, 1.807) is 0 Å². The van der Waals surface area contributed by atoms with Gasteiger partial charge in [-0.2, -0.15) is 4.99 Å². The quantitative estimate of drug-likeness (QED) is 0.777. The lowest BCUT2D eigenvalue weighted by Crippen LogP contribution is -2.40. The number of thioether (sulfide) groups is 1. The average molecular weight is 329 g/mol. The minimum Gasteiger partial charge on any atom is -0.378 e. The van der Waals surface area contributed by atoms with Crippen LogP contribution in [0.1, 0.15) is 31.7 Å². The van der Waals surface area contributed by atoms with E-state index >= 15 is 0 Å². The smallest absolute Gasteiger partial charge is 0.286 e. The van der Waals surface area contributed by atoms with Gasteiger partial charge in [0.25, 0.3) is 5.91 Å². The topological polar surface area (TPSA) is 35.9 Å². The zero-order valence-electron chi connectivity index (χ0n) is 14.0. The molecule has 4 nitrogen and oxygen atoms in total. The highest BCUT2D eigenvalue weighted by Crippen LogP contribution is 2.33. The minimum absolute atomic E-state index is 0.112. The van der Waals surface area contributed by atoms with Gasteiger partial charge in [-0.3, -0.25) is 4.79 Å². The number of benzene rings is 1. The highest BCUT2D eigenvalue weighted by molar-refractivity contribution is 8.18. The molecule has 0 radical (unpaired) electrons. The standard InChI is InChI=1S/C18H23N3OS/c1-13-6-4-5-11-21(13)18-19-17(22)16(23-18)12-14-7-9-15(10-8-14)20(2)3/h7-10,12-13H,4-6,11H2,1-3H3/b16-12+/t13-/m0/s1. The zero-order chi connectivity index (χ0) is 16.4. The molecule has 0 N–H and O–H groups in total. The molecule has 1 amide bonds. The van der Waals surface area contributed by atoms with Crippen LogP contribution in [0, 0.1) is 0 Å². The maximum absolute atomic E-state index is 12.2. The van der Waals surface area contributed by atoms with E-state index in [0.717, 1.165) is 27.9 Å². The Hall–Kier alpha value is -1.75. The summed E-state index contributed by atoms with van der Waals surface area (Å²) >= 11 is 1.51. The number of carbonyl (C=O) groups excluding carboxylic acids is 1. The summed E-state index contributed by atoms with van der Waals surface area (Å²) in [7, 11) is 4.04. The fourth-order valence-electron chi connectivity index (χ4n) is 2.92. The molecular weight excluding hydrogens is 306 g/mol. The Morgan fingerprint density at radius 3 is 2.65 bits per heavy atom. The maximum atomic E-state index is 12.2. The molecule has 1 aromatic rings. The second-order valence-corrected chi connectivity index (χ2v) is 7.34. The van der Waals surface area contributed by atoms with E-state index in [1.165, 1.54) is 31.0 Å². The molecule has 0 spiro atoms. The van der Waals surface area contributed by atoms with Gasteiger partial charge in [0.1, 0.15) is 0 Å². The van der Waals surface area contributed by atoms with Crippen molar-refractivity contribution in [2.45, 2.75) is 32.2 Å². The van der Waals surface area contributed by atoms with E-state index in [2.05, 4.69) is 33.8 Å². The number of likely N-dealkylation sites (tertiary alicyclic amines) is 1. The molecular formula is C18H23N3OS. The molecule has 2 heterocycles. The predicted molar refractivity (Wildman–Crippen MR) is 98.8 cm³/mol. The molecule has 1 fully saturated rings. The number of hydrogen-bond donors (Lipinski definition) is 0. The Morgan fingerprint density at radius 2 is 2.00 bits per heavy atom. The van der Waals surface area contributed by atoms with Crippen molar-refractivity contribution in [3.63, 3.8) is 0 Å². The van der Waals surface area contributed by atoms with Crippen LogP contribution in [-0.2, 0) is 4.79 Å². The Balaban J connectivity index is 1.74. The summed E-state index contributed by atoms with van der Waals surface area (Å²) in [5, 5.41) is 0.873. The van der Waals surface area contributed by atoms with Crippen molar-refractivity contribution < 1.29 is 4.79 Å². The largest absolute Gasteiger partial charge is 0.378 e. The van der Waals surface area contributed by atoms with Crippen LogP contribution in [0.5, 0.6) is 0 Å². The molecule has 0 unspecified atom stereocenters. The van der Waals surface area contributed by atoms with Crippen LogP contribution in [0.4, 0.5) is 5.69 Å². The van der Waals surface area contributed by atoms with Gasteiger partial charge in [0.2, 0.25) is 0 Å². The summed E-state index contributed by atoms with van der Waals surface area (Å²) in [5.74, 6) is -0.112. The van der Waals surface area contributed by atoms with Crippen molar-refractivity contribution in [2.75, 3.05) is 25.5 Å². The number of anilines is 1. The second-order valence-electron chi connectivity index (χ2n) is 6.33. The lowest BCUT2D eigenvalue weighted by atomic mass is 10.1. The second kappa shape index (κ2) is 6.79. The number of carbonyl (C=O) groups is 1. The molecule has 1 saturated heterocycles. The summed E-state index contributed by atoms with van der Waals surface area (Å²) in [6, 6.07) is 8.67. The maximum Gasteiger partial charge on any atom is 0.286 e. The Bertz CT molecular complexity index is 649. The van der Waals surface area contributed by atoms with Crippen molar-refractivity contribution in [2.24, 2.45) is 4.99 Å². The summed E-state index contributed by atoms with van der Waals surface area (Å²) in [5.41, 5.74) is 2.19. The number of nitrogens with zero attached hydrogens (tertiary/aromatic N) is 3. The molecule has 23 heavy (non-hydrogen) atoms. The van der Waals surface area contributed by atoms with Gasteiger partial charge < -0.3 is 9.80 Å². The molecule has 1 atom stereocenters. The van der Waals surface area contributed by atoms with Crippen LogP contribution in [0.25, 0.3) is 6.08 Å². The number of hydrogen-bond acceptors (Lipinski definition) is 4. The van der Waals surface area contributed by atoms with Crippen LogP contribution in [0.3, 0.4) is 0 Å². The third-order valence-electron chi connectivity index (χ3n) is 4.37. The van der Waals surface area contributed by atoms with E-state index in [0.29, 0.717) is 6.04 Å². The Labute approximate surface area is 142 Å². The summed E-state index contributed by atoms with van der Waals surface area (Å²) in [6.07, 6.45) is 5.57. The molecule has 2 aliphatic heterocycles. The lowest BCUT2D eigenvalue weighted by molar-refractivity contribution is -0.113. The third-order valence-corrected chi connectivity index (χ3v) is 5.39. The molecule has 1 aromatic carbocycles. The first kappa shape index (κ1) is 16.1. The van der Waals surface area contributed by atoms with E-state index in [9.17, 15) is 4.79 Å². The highest BCUT2D eigenvalue weighted by Gasteiger charge is 2.29. The Kier molecular flexibility index (Phi) is 4.76. The van der Waals surface area contributed by atoms with Crippen molar-refractivity contribution in [1.82, 2.24) is 4.90 Å². The molecule has 5 heteroatoms. The number of amides is 1.